The molecule has 1 saturated carbocycles. The zero-order valence-corrected chi connectivity index (χ0v) is 11.9. The minimum Gasteiger partial charge on any atom is -0.493 e. The average molecular weight is 268 g/mol. The molecule has 0 aliphatic heterocycles. The molecule has 0 radical (unpaired) electrons. The Hall–Kier alpha value is -1.29. The lowest BCUT2D eigenvalue weighted by Gasteiger charge is -2.21. The van der Waals surface area contributed by atoms with Gasteiger partial charge in [-0.25, -0.2) is 4.39 Å². The minimum atomic E-state index is -1.46. The number of alkyl halides is 1. The molecule has 0 atom stereocenters. The van der Waals surface area contributed by atoms with Gasteiger partial charge in [-0.2, -0.15) is 0 Å². The number of hydrogen-bond donors (Lipinski definition) is 1. The molecular formula is C15H21FO3. The molecule has 1 aromatic carbocycles. The number of hydrogen-bond acceptors (Lipinski definition) is 3. The fourth-order valence-electron chi connectivity index (χ4n) is 2.19. The monoisotopic (exact) mass is 268 g/mol. The lowest BCUT2D eigenvalue weighted by Crippen LogP contribution is -2.15. The SMILES string of the molecule is COc1cc(C(C)(C)F)cc(CC2(O)CC2)c1OC. The summed E-state index contributed by atoms with van der Waals surface area (Å²) < 4.78 is 24.8. The predicted octanol–water partition coefficient (Wildman–Crippen LogP) is 2.98. The van der Waals surface area contributed by atoms with Crippen molar-refractivity contribution in [2.75, 3.05) is 14.2 Å². The molecule has 3 nitrogen and oxygen atoms in total. The van der Waals surface area contributed by atoms with Crippen LogP contribution in [0.25, 0.3) is 0 Å². The molecule has 0 unspecified atom stereocenters. The molecule has 0 heterocycles. The number of benzene rings is 1. The molecule has 0 spiro atoms. The molecule has 1 aliphatic rings. The van der Waals surface area contributed by atoms with Crippen LogP contribution >= 0.6 is 0 Å². The Labute approximate surface area is 113 Å². The molecule has 0 amide bonds. The van der Waals surface area contributed by atoms with Crippen LogP contribution in [0.5, 0.6) is 11.5 Å². The van der Waals surface area contributed by atoms with Gasteiger partial charge in [-0.3, -0.25) is 0 Å². The lowest BCUT2D eigenvalue weighted by molar-refractivity contribution is 0.149. The average Bonchev–Trinajstić information content (AvgIpc) is 3.04. The van der Waals surface area contributed by atoms with Gasteiger partial charge in [-0.05, 0) is 44.4 Å². The van der Waals surface area contributed by atoms with Gasteiger partial charge >= 0.3 is 0 Å². The molecule has 4 heteroatoms. The number of methoxy groups -OCH3 is 2. The first kappa shape index (κ1) is 14.1. The zero-order chi connectivity index (χ0) is 14.3. The van der Waals surface area contributed by atoms with E-state index in [9.17, 15) is 9.50 Å². The van der Waals surface area contributed by atoms with E-state index in [4.69, 9.17) is 9.47 Å². The van der Waals surface area contributed by atoms with E-state index in [0.29, 0.717) is 23.5 Å². The van der Waals surface area contributed by atoms with Gasteiger partial charge < -0.3 is 14.6 Å². The fraction of sp³-hybridized carbons (Fsp3) is 0.600. The largest absolute Gasteiger partial charge is 0.493 e. The molecule has 0 saturated heterocycles. The van der Waals surface area contributed by atoms with E-state index in [0.717, 1.165) is 18.4 Å². The first-order valence-corrected chi connectivity index (χ1v) is 6.46. The Kier molecular flexibility index (Phi) is 3.47. The topological polar surface area (TPSA) is 38.7 Å². The second-order valence-electron chi connectivity index (χ2n) is 5.74. The van der Waals surface area contributed by atoms with E-state index in [1.165, 1.54) is 21.0 Å². The summed E-state index contributed by atoms with van der Waals surface area (Å²) in [6.07, 6.45) is 2.03. The number of aliphatic hydroxyl groups is 1. The van der Waals surface area contributed by atoms with Crippen molar-refractivity contribution in [1.29, 1.82) is 0 Å². The van der Waals surface area contributed by atoms with Gasteiger partial charge in [0.25, 0.3) is 0 Å². The van der Waals surface area contributed by atoms with Crippen molar-refractivity contribution in [1.82, 2.24) is 0 Å². The van der Waals surface area contributed by atoms with E-state index < -0.39 is 11.3 Å². The van der Waals surface area contributed by atoms with Gasteiger partial charge in [0.05, 0.1) is 19.8 Å². The highest BCUT2D eigenvalue weighted by Gasteiger charge is 2.41. The van der Waals surface area contributed by atoms with Crippen molar-refractivity contribution >= 4 is 0 Å². The summed E-state index contributed by atoms with van der Waals surface area (Å²) in [5.74, 6) is 1.08. The van der Waals surface area contributed by atoms with Crippen LogP contribution < -0.4 is 9.47 Å². The number of ether oxygens (including phenoxy) is 2. The Bertz CT molecular complexity index is 473. The predicted molar refractivity (Wildman–Crippen MR) is 71.6 cm³/mol. The molecule has 0 aromatic heterocycles. The first-order valence-electron chi connectivity index (χ1n) is 6.46. The van der Waals surface area contributed by atoms with Crippen molar-refractivity contribution in [3.05, 3.63) is 23.3 Å². The highest BCUT2D eigenvalue weighted by atomic mass is 19.1. The van der Waals surface area contributed by atoms with Gasteiger partial charge in [-0.15, -0.1) is 0 Å². The van der Waals surface area contributed by atoms with Crippen LogP contribution in [-0.2, 0) is 12.1 Å². The van der Waals surface area contributed by atoms with E-state index in [1.54, 1.807) is 19.2 Å². The van der Waals surface area contributed by atoms with Crippen LogP contribution in [0.2, 0.25) is 0 Å². The van der Waals surface area contributed by atoms with E-state index in [1.807, 2.05) is 0 Å². The fourth-order valence-corrected chi connectivity index (χ4v) is 2.19. The quantitative estimate of drug-likeness (QED) is 0.892. The third kappa shape index (κ3) is 3.00. The zero-order valence-electron chi connectivity index (χ0n) is 11.9. The smallest absolute Gasteiger partial charge is 0.164 e. The summed E-state index contributed by atoms with van der Waals surface area (Å²) in [7, 11) is 3.08. The van der Waals surface area contributed by atoms with Crippen LogP contribution in [0.1, 0.15) is 37.8 Å². The first-order chi connectivity index (χ1) is 8.79. The molecule has 1 aromatic rings. The minimum absolute atomic E-state index is 0.469. The summed E-state index contributed by atoms with van der Waals surface area (Å²) in [5, 5.41) is 10.1. The summed E-state index contributed by atoms with van der Waals surface area (Å²) >= 11 is 0. The molecule has 1 N–H and O–H groups in total. The molecule has 19 heavy (non-hydrogen) atoms. The van der Waals surface area contributed by atoms with Gasteiger partial charge in [0.2, 0.25) is 0 Å². The highest BCUT2D eigenvalue weighted by molar-refractivity contribution is 5.51. The number of halogens is 1. The van der Waals surface area contributed by atoms with Crippen molar-refractivity contribution in [3.63, 3.8) is 0 Å². The maximum Gasteiger partial charge on any atom is 0.164 e. The van der Waals surface area contributed by atoms with Crippen LogP contribution in [-0.4, -0.2) is 24.9 Å². The third-order valence-electron chi connectivity index (χ3n) is 3.59. The van der Waals surface area contributed by atoms with Crippen LogP contribution in [0, 0.1) is 0 Å². The lowest BCUT2D eigenvalue weighted by atomic mass is 9.94. The summed E-state index contributed by atoms with van der Waals surface area (Å²) in [6.45, 7) is 3.01. The van der Waals surface area contributed by atoms with E-state index in [-0.39, 0.29) is 0 Å². The summed E-state index contributed by atoms with van der Waals surface area (Å²) in [4.78, 5) is 0. The second kappa shape index (κ2) is 4.67. The van der Waals surface area contributed by atoms with Crippen molar-refractivity contribution in [2.45, 2.75) is 44.4 Å². The van der Waals surface area contributed by atoms with Gasteiger partial charge in [0, 0.05) is 12.0 Å². The molecule has 1 fully saturated rings. The molecule has 1 aliphatic carbocycles. The highest BCUT2D eigenvalue weighted by Crippen LogP contribution is 2.44. The maximum atomic E-state index is 14.1. The van der Waals surface area contributed by atoms with Crippen LogP contribution in [0.3, 0.4) is 0 Å². The molecule has 0 bridgehead atoms. The third-order valence-corrected chi connectivity index (χ3v) is 3.59. The maximum absolute atomic E-state index is 14.1. The Morgan fingerprint density at radius 2 is 1.89 bits per heavy atom. The van der Waals surface area contributed by atoms with Crippen molar-refractivity contribution in [2.24, 2.45) is 0 Å². The second-order valence-corrected chi connectivity index (χ2v) is 5.74. The Morgan fingerprint density at radius 3 is 2.32 bits per heavy atom. The van der Waals surface area contributed by atoms with Crippen LogP contribution in [0.15, 0.2) is 12.1 Å². The van der Waals surface area contributed by atoms with Gasteiger partial charge in [0.1, 0.15) is 5.67 Å². The standard InChI is InChI=1S/C15H21FO3/c1-14(2,16)11-7-10(9-15(17)5-6-15)13(19-4)12(8-11)18-3/h7-8,17H,5-6,9H2,1-4H3. The van der Waals surface area contributed by atoms with Gasteiger partial charge in [-0.1, -0.05) is 0 Å². The molecule has 2 rings (SSSR count). The van der Waals surface area contributed by atoms with Gasteiger partial charge in [0.15, 0.2) is 11.5 Å². The van der Waals surface area contributed by atoms with Crippen molar-refractivity contribution in [3.8, 4) is 11.5 Å². The van der Waals surface area contributed by atoms with Crippen molar-refractivity contribution < 1.29 is 19.0 Å². The van der Waals surface area contributed by atoms with E-state index >= 15 is 0 Å². The molecular weight excluding hydrogens is 247 g/mol. The number of rotatable bonds is 5. The Morgan fingerprint density at radius 1 is 1.26 bits per heavy atom. The summed E-state index contributed by atoms with van der Waals surface area (Å²) in [6, 6.07) is 3.41. The summed E-state index contributed by atoms with van der Waals surface area (Å²) in [5.41, 5.74) is -0.787. The van der Waals surface area contributed by atoms with Crippen LogP contribution in [0.4, 0.5) is 4.39 Å². The normalized spacial score (nSPS) is 17.2. The Balaban J connectivity index is 2.48. The van der Waals surface area contributed by atoms with E-state index in [2.05, 4.69) is 0 Å². The molecule has 106 valence electrons.